The molecule has 1 amide bonds. The van der Waals surface area contributed by atoms with Gasteiger partial charge in [0, 0.05) is 43.1 Å². The van der Waals surface area contributed by atoms with Gasteiger partial charge in [0.25, 0.3) is 15.0 Å². The number of amides is 1. The second-order valence-corrected chi connectivity index (χ2v) is 9.15. The van der Waals surface area contributed by atoms with Crippen LogP contribution in [0.3, 0.4) is 0 Å². The fourth-order valence-corrected chi connectivity index (χ4v) is 4.12. The molecule has 0 aliphatic carbocycles. The van der Waals surface area contributed by atoms with Crippen LogP contribution in [0.4, 0.5) is 0 Å². The van der Waals surface area contributed by atoms with Gasteiger partial charge in [0.2, 0.25) is 0 Å². The Morgan fingerprint density at radius 2 is 2.04 bits per heavy atom. The van der Waals surface area contributed by atoms with Crippen molar-refractivity contribution in [3.8, 4) is 0 Å². The highest BCUT2D eigenvalue weighted by Gasteiger charge is 2.28. The monoisotopic (exact) mass is 410 g/mol. The third kappa shape index (κ3) is 4.91. The largest absolute Gasteiger partial charge is 0.377 e. The quantitative estimate of drug-likeness (QED) is 0.686. The molecule has 0 N–H and O–H groups in total. The predicted molar refractivity (Wildman–Crippen MR) is 104 cm³/mol. The fourth-order valence-electron chi connectivity index (χ4n) is 3.36. The van der Waals surface area contributed by atoms with E-state index in [1.807, 2.05) is 37.3 Å². The van der Waals surface area contributed by atoms with Crippen molar-refractivity contribution in [2.75, 3.05) is 19.7 Å². The SMILES string of the molecule is CCOC1CCCN(C(=O)c2cc(S(=O)(=O)Cl)cn2Cc2ccccc2)C1. The van der Waals surface area contributed by atoms with Crippen LogP contribution < -0.4 is 0 Å². The predicted octanol–water partition coefficient (Wildman–Crippen LogP) is 3.11. The highest BCUT2D eigenvalue weighted by atomic mass is 35.7. The maximum atomic E-state index is 13.1. The number of rotatable bonds is 6. The van der Waals surface area contributed by atoms with E-state index in [0.717, 1.165) is 18.4 Å². The number of hydrogen-bond acceptors (Lipinski definition) is 4. The number of carbonyl (C=O) groups is 1. The summed E-state index contributed by atoms with van der Waals surface area (Å²) in [5.41, 5.74) is 1.28. The average molecular weight is 411 g/mol. The third-order valence-electron chi connectivity index (χ3n) is 4.64. The van der Waals surface area contributed by atoms with Gasteiger partial charge < -0.3 is 14.2 Å². The molecule has 1 aromatic carbocycles. The van der Waals surface area contributed by atoms with Gasteiger partial charge in [-0.1, -0.05) is 30.3 Å². The first-order chi connectivity index (χ1) is 12.9. The molecule has 0 bridgehead atoms. The topological polar surface area (TPSA) is 68.6 Å². The van der Waals surface area contributed by atoms with Gasteiger partial charge in [-0.05, 0) is 31.4 Å². The molecule has 0 saturated carbocycles. The second-order valence-electron chi connectivity index (χ2n) is 6.58. The van der Waals surface area contributed by atoms with E-state index in [9.17, 15) is 13.2 Å². The van der Waals surface area contributed by atoms with Crippen LogP contribution in [-0.4, -0.2) is 49.6 Å². The molecule has 2 heterocycles. The van der Waals surface area contributed by atoms with Gasteiger partial charge in [0.05, 0.1) is 6.10 Å². The molecule has 1 aromatic heterocycles. The number of likely N-dealkylation sites (tertiary alicyclic amines) is 1. The first-order valence-corrected chi connectivity index (χ1v) is 11.3. The van der Waals surface area contributed by atoms with Crippen LogP contribution in [0.5, 0.6) is 0 Å². The maximum absolute atomic E-state index is 13.1. The number of benzene rings is 1. The molecule has 1 aliphatic rings. The van der Waals surface area contributed by atoms with Gasteiger partial charge in [0.15, 0.2) is 0 Å². The van der Waals surface area contributed by atoms with E-state index in [0.29, 0.717) is 31.9 Å². The van der Waals surface area contributed by atoms with Gasteiger partial charge in [0.1, 0.15) is 10.6 Å². The van der Waals surface area contributed by atoms with Crippen LogP contribution in [0.2, 0.25) is 0 Å². The molecular weight excluding hydrogens is 388 g/mol. The summed E-state index contributed by atoms with van der Waals surface area (Å²) in [7, 11) is 1.59. The van der Waals surface area contributed by atoms with Gasteiger partial charge in [-0.2, -0.15) is 0 Å². The number of nitrogens with zero attached hydrogens (tertiary/aromatic N) is 2. The summed E-state index contributed by atoms with van der Waals surface area (Å²) in [5.74, 6) is -0.207. The van der Waals surface area contributed by atoms with Crippen molar-refractivity contribution in [3.05, 3.63) is 53.9 Å². The summed E-state index contributed by atoms with van der Waals surface area (Å²) in [6.07, 6.45) is 3.22. The molecule has 1 atom stereocenters. The Bertz CT molecular complexity index is 894. The summed E-state index contributed by atoms with van der Waals surface area (Å²) in [5, 5.41) is 0. The van der Waals surface area contributed by atoms with Crippen molar-refractivity contribution < 1.29 is 17.9 Å². The zero-order valence-electron chi connectivity index (χ0n) is 15.2. The lowest BCUT2D eigenvalue weighted by Crippen LogP contribution is -2.43. The summed E-state index contributed by atoms with van der Waals surface area (Å²) in [6.45, 7) is 4.06. The van der Waals surface area contributed by atoms with E-state index < -0.39 is 9.05 Å². The Labute approximate surface area is 164 Å². The Hall–Kier alpha value is -1.83. The first-order valence-electron chi connectivity index (χ1n) is 8.98. The summed E-state index contributed by atoms with van der Waals surface area (Å²) >= 11 is 0. The second kappa shape index (κ2) is 8.46. The van der Waals surface area contributed by atoms with Crippen LogP contribution in [0.25, 0.3) is 0 Å². The highest BCUT2D eigenvalue weighted by Crippen LogP contribution is 2.23. The number of aromatic nitrogens is 1. The van der Waals surface area contributed by atoms with Gasteiger partial charge in [-0.25, -0.2) is 8.42 Å². The van der Waals surface area contributed by atoms with Crippen molar-refractivity contribution in [2.24, 2.45) is 0 Å². The number of ether oxygens (including phenoxy) is 1. The lowest BCUT2D eigenvalue weighted by molar-refractivity contribution is 0.00688. The molecule has 2 aromatic rings. The zero-order chi connectivity index (χ0) is 19.4. The molecule has 1 aliphatic heterocycles. The minimum atomic E-state index is -3.92. The van der Waals surface area contributed by atoms with Crippen molar-refractivity contribution >= 4 is 25.6 Å². The van der Waals surface area contributed by atoms with E-state index in [1.165, 1.54) is 12.3 Å². The Balaban J connectivity index is 1.90. The molecule has 1 unspecified atom stereocenters. The van der Waals surface area contributed by atoms with E-state index in [4.69, 9.17) is 15.4 Å². The number of carbonyl (C=O) groups excluding carboxylic acids is 1. The molecule has 0 spiro atoms. The average Bonchev–Trinajstić information content (AvgIpc) is 3.07. The fraction of sp³-hybridized carbons (Fsp3) is 0.421. The maximum Gasteiger partial charge on any atom is 0.270 e. The standard InChI is InChI=1S/C19H23ClN2O4S/c1-2-26-16-9-6-10-21(13-16)19(23)18-11-17(27(20,24)25)14-22(18)12-15-7-4-3-5-8-15/h3-5,7-8,11,14,16H,2,6,9-10,12-13H2,1H3. The summed E-state index contributed by atoms with van der Waals surface area (Å²) in [6, 6.07) is 10.9. The van der Waals surface area contributed by atoms with Crippen LogP contribution in [0.1, 0.15) is 35.8 Å². The lowest BCUT2D eigenvalue weighted by atomic mass is 10.1. The van der Waals surface area contributed by atoms with E-state index in [2.05, 4.69) is 0 Å². The Kier molecular flexibility index (Phi) is 6.24. The van der Waals surface area contributed by atoms with Crippen LogP contribution in [0.15, 0.2) is 47.5 Å². The van der Waals surface area contributed by atoms with Gasteiger partial charge in [-0.3, -0.25) is 4.79 Å². The number of piperidine rings is 1. The van der Waals surface area contributed by atoms with Gasteiger partial charge in [-0.15, -0.1) is 0 Å². The van der Waals surface area contributed by atoms with Crippen molar-refractivity contribution in [2.45, 2.75) is 37.3 Å². The first kappa shape index (κ1) is 19.9. The van der Waals surface area contributed by atoms with E-state index in [1.54, 1.807) is 9.47 Å². The summed E-state index contributed by atoms with van der Waals surface area (Å²) in [4.78, 5) is 14.8. The normalized spacial score (nSPS) is 17.9. The molecule has 27 heavy (non-hydrogen) atoms. The highest BCUT2D eigenvalue weighted by molar-refractivity contribution is 8.13. The van der Waals surface area contributed by atoms with Gasteiger partial charge >= 0.3 is 0 Å². The zero-order valence-corrected chi connectivity index (χ0v) is 16.7. The molecule has 3 rings (SSSR count). The molecule has 6 nitrogen and oxygen atoms in total. The van der Waals surface area contributed by atoms with Crippen LogP contribution in [0, 0.1) is 0 Å². The Morgan fingerprint density at radius 3 is 2.70 bits per heavy atom. The third-order valence-corrected chi connectivity index (χ3v) is 5.96. The number of halogens is 1. The number of hydrogen-bond donors (Lipinski definition) is 0. The minimum Gasteiger partial charge on any atom is -0.377 e. The van der Waals surface area contributed by atoms with Crippen molar-refractivity contribution in [3.63, 3.8) is 0 Å². The van der Waals surface area contributed by atoms with E-state index >= 15 is 0 Å². The molecule has 1 saturated heterocycles. The molecule has 0 radical (unpaired) electrons. The smallest absolute Gasteiger partial charge is 0.270 e. The van der Waals surface area contributed by atoms with E-state index in [-0.39, 0.29) is 16.9 Å². The van der Waals surface area contributed by atoms with Crippen molar-refractivity contribution in [1.82, 2.24) is 9.47 Å². The summed E-state index contributed by atoms with van der Waals surface area (Å²) < 4.78 is 30.9. The lowest BCUT2D eigenvalue weighted by Gasteiger charge is -2.32. The molecule has 1 fully saturated rings. The van der Waals surface area contributed by atoms with Crippen LogP contribution >= 0.6 is 10.7 Å². The molecule has 8 heteroatoms. The molecule has 146 valence electrons. The van der Waals surface area contributed by atoms with Crippen LogP contribution in [-0.2, 0) is 20.3 Å². The Morgan fingerprint density at radius 1 is 1.30 bits per heavy atom. The van der Waals surface area contributed by atoms with Crippen molar-refractivity contribution in [1.29, 1.82) is 0 Å². The molecular formula is C19H23ClN2O4S. The minimum absolute atomic E-state index is 0.0152.